The molecule has 0 spiro atoms. The number of morpholine rings is 1. The maximum absolute atomic E-state index is 13.1. The van der Waals surface area contributed by atoms with Gasteiger partial charge in [0.05, 0.1) is 25.5 Å². The van der Waals surface area contributed by atoms with Gasteiger partial charge in [0.2, 0.25) is 11.8 Å². The summed E-state index contributed by atoms with van der Waals surface area (Å²) < 4.78 is 5.42. The van der Waals surface area contributed by atoms with E-state index < -0.39 is 0 Å². The highest BCUT2D eigenvalue weighted by atomic mass is 16.5. The summed E-state index contributed by atoms with van der Waals surface area (Å²) in [7, 11) is 0. The molecule has 0 bridgehead atoms. The second-order valence-corrected chi connectivity index (χ2v) is 9.88. The third-order valence-corrected chi connectivity index (χ3v) is 6.73. The van der Waals surface area contributed by atoms with Crippen molar-refractivity contribution in [2.45, 2.75) is 20.3 Å². The quantitative estimate of drug-likeness (QED) is 0.527. The first-order valence-corrected chi connectivity index (χ1v) is 13.0. The molecule has 0 radical (unpaired) electrons. The molecule has 0 saturated carbocycles. The minimum atomic E-state index is 0.0132. The van der Waals surface area contributed by atoms with Crippen LogP contribution in [0.5, 0.6) is 0 Å². The average molecular weight is 495 g/mol. The number of carbonyl (C=O) groups excluding carboxylic acids is 2. The second kappa shape index (κ2) is 12.8. The first kappa shape index (κ1) is 26.0. The molecule has 2 aliphatic heterocycles. The molecule has 1 aromatic heterocycles. The summed E-state index contributed by atoms with van der Waals surface area (Å²) in [6.07, 6.45) is 0.460. The summed E-state index contributed by atoms with van der Waals surface area (Å²) in [5.74, 6) is 1.15. The molecule has 2 amide bonds. The first-order chi connectivity index (χ1) is 17.5. The fraction of sp³-hybridized carbons (Fsp3) is 0.556. The summed E-state index contributed by atoms with van der Waals surface area (Å²) in [6.45, 7) is 11.3. The average Bonchev–Trinajstić information content (AvgIpc) is 2.92. The van der Waals surface area contributed by atoms with Crippen molar-refractivity contribution in [1.82, 2.24) is 24.9 Å². The molecule has 0 aliphatic carbocycles. The van der Waals surface area contributed by atoms with Gasteiger partial charge in [0.25, 0.3) is 0 Å². The van der Waals surface area contributed by atoms with Crippen LogP contribution in [0.15, 0.2) is 42.5 Å². The molecule has 0 N–H and O–H groups in total. The Morgan fingerprint density at radius 3 is 2.31 bits per heavy atom. The lowest BCUT2D eigenvalue weighted by Gasteiger charge is -2.36. The molecule has 2 saturated heterocycles. The predicted molar refractivity (Wildman–Crippen MR) is 140 cm³/mol. The van der Waals surface area contributed by atoms with E-state index in [0.717, 1.165) is 49.9 Å². The number of carbonyl (C=O) groups is 2. The van der Waals surface area contributed by atoms with E-state index in [1.165, 1.54) is 0 Å². The van der Waals surface area contributed by atoms with E-state index >= 15 is 0 Å². The van der Waals surface area contributed by atoms with Gasteiger partial charge in [0.15, 0.2) is 5.82 Å². The number of amides is 2. The van der Waals surface area contributed by atoms with Crippen molar-refractivity contribution in [2.75, 3.05) is 77.0 Å². The van der Waals surface area contributed by atoms with Gasteiger partial charge in [0.1, 0.15) is 0 Å². The molecule has 194 valence electrons. The van der Waals surface area contributed by atoms with Gasteiger partial charge in [-0.2, -0.15) is 0 Å². The zero-order valence-corrected chi connectivity index (χ0v) is 21.5. The lowest BCUT2D eigenvalue weighted by molar-refractivity contribution is -0.141. The van der Waals surface area contributed by atoms with Crippen molar-refractivity contribution >= 4 is 17.6 Å². The molecule has 0 unspecified atom stereocenters. The number of hydrogen-bond acceptors (Lipinski definition) is 7. The Hall–Kier alpha value is -3.04. The van der Waals surface area contributed by atoms with Crippen molar-refractivity contribution in [3.63, 3.8) is 0 Å². The maximum Gasteiger partial charge on any atom is 0.242 e. The molecular formula is C27H38N6O3. The Labute approximate surface area is 214 Å². The van der Waals surface area contributed by atoms with Crippen molar-refractivity contribution in [3.8, 4) is 11.3 Å². The SMILES string of the molecule is CC(C)CC(=O)N(CCN1CCOCC1)CC(=O)N1CCN(c2ccc(-c3ccccc3)nn2)CC1. The Kier molecular flexibility index (Phi) is 9.24. The second-order valence-electron chi connectivity index (χ2n) is 9.88. The molecule has 2 aromatic rings. The maximum atomic E-state index is 13.1. The van der Waals surface area contributed by atoms with Crippen LogP contribution >= 0.6 is 0 Å². The van der Waals surface area contributed by atoms with Crippen LogP contribution in [0, 0.1) is 5.92 Å². The highest BCUT2D eigenvalue weighted by Gasteiger charge is 2.26. The van der Waals surface area contributed by atoms with Gasteiger partial charge in [-0.05, 0) is 18.1 Å². The Bertz CT molecular complexity index is 971. The lowest BCUT2D eigenvalue weighted by Crippen LogP contribution is -2.53. The molecule has 2 aliphatic rings. The first-order valence-electron chi connectivity index (χ1n) is 13.0. The van der Waals surface area contributed by atoms with E-state index in [1.807, 2.05) is 61.2 Å². The summed E-state index contributed by atoms with van der Waals surface area (Å²) in [6, 6.07) is 14.0. The molecule has 1 aromatic carbocycles. The number of rotatable bonds is 9. The van der Waals surface area contributed by atoms with Crippen LogP contribution in [0.4, 0.5) is 5.82 Å². The molecule has 9 heteroatoms. The molecule has 36 heavy (non-hydrogen) atoms. The largest absolute Gasteiger partial charge is 0.379 e. The molecule has 0 atom stereocenters. The van der Waals surface area contributed by atoms with Crippen molar-refractivity contribution < 1.29 is 14.3 Å². The topological polar surface area (TPSA) is 82.1 Å². The molecular weight excluding hydrogens is 456 g/mol. The highest BCUT2D eigenvalue weighted by molar-refractivity contribution is 5.85. The van der Waals surface area contributed by atoms with Crippen molar-refractivity contribution in [2.24, 2.45) is 5.92 Å². The van der Waals surface area contributed by atoms with E-state index in [1.54, 1.807) is 4.90 Å². The monoisotopic (exact) mass is 494 g/mol. The van der Waals surface area contributed by atoms with Crippen molar-refractivity contribution in [3.05, 3.63) is 42.5 Å². The molecule has 4 rings (SSSR count). The molecule has 3 heterocycles. The van der Waals surface area contributed by atoms with E-state index in [-0.39, 0.29) is 24.3 Å². The summed E-state index contributed by atoms with van der Waals surface area (Å²) in [4.78, 5) is 34.1. The number of nitrogens with zero attached hydrogens (tertiary/aromatic N) is 6. The lowest BCUT2D eigenvalue weighted by atomic mass is 10.1. The van der Waals surface area contributed by atoms with E-state index in [4.69, 9.17) is 4.74 Å². The zero-order chi connectivity index (χ0) is 25.3. The third-order valence-electron chi connectivity index (χ3n) is 6.73. The highest BCUT2D eigenvalue weighted by Crippen LogP contribution is 2.19. The Morgan fingerprint density at radius 1 is 0.944 bits per heavy atom. The predicted octanol–water partition coefficient (Wildman–Crippen LogP) is 2.00. The van der Waals surface area contributed by atoms with Gasteiger partial charge in [-0.1, -0.05) is 44.2 Å². The summed E-state index contributed by atoms with van der Waals surface area (Å²) in [5, 5.41) is 8.81. The Morgan fingerprint density at radius 2 is 1.67 bits per heavy atom. The van der Waals surface area contributed by atoms with Crippen LogP contribution in [0.2, 0.25) is 0 Å². The van der Waals surface area contributed by atoms with Gasteiger partial charge in [-0.15, -0.1) is 10.2 Å². The van der Waals surface area contributed by atoms with Crippen molar-refractivity contribution in [1.29, 1.82) is 0 Å². The van der Waals surface area contributed by atoms with E-state index in [9.17, 15) is 9.59 Å². The number of anilines is 1. The van der Waals surface area contributed by atoms with E-state index in [2.05, 4.69) is 20.0 Å². The van der Waals surface area contributed by atoms with Crippen LogP contribution in [-0.2, 0) is 14.3 Å². The van der Waals surface area contributed by atoms with Crippen LogP contribution < -0.4 is 4.90 Å². The van der Waals surface area contributed by atoms with Crippen LogP contribution in [0.25, 0.3) is 11.3 Å². The van der Waals surface area contributed by atoms with Gasteiger partial charge in [-0.3, -0.25) is 14.5 Å². The number of hydrogen-bond donors (Lipinski definition) is 0. The molecule has 2 fully saturated rings. The zero-order valence-electron chi connectivity index (χ0n) is 21.5. The summed E-state index contributed by atoms with van der Waals surface area (Å²) >= 11 is 0. The number of aromatic nitrogens is 2. The third kappa shape index (κ3) is 7.24. The van der Waals surface area contributed by atoms with Crippen LogP contribution in [-0.4, -0.2) is 109 Å². The smallest absolute Gasteiger partial charge is 0.242 e. The molecule has 9 nitrogen and oxygen atoms in total. The fourth-order valence-electron chi connectivity index (χ4n) is 4.56. The number of piperazine rings is 1. The number of ether oxygens (including phenoxy) is 1. The van der Waals surface area contributed by atoms with E-state index in [0.29, 0.717) is 39.1 Å². The standard InChI is InChI=1S/C27H38N6O3/c1-22(2)20-26(34)33(11-10-30-16-18-36-19-17-30)21-27(35)32-14-12-31(13-15-32)25-9-8-24(28-29-25)23-6-4-3-5-7-23/h3-9,22H,10-21H2,1-2H3. The fourth-order valence-corrected chi connectivity index (χ4v) is 4.56. The Balaban J connectivity index is 1.29. The van der Waals surface area contributed by atoms with Gasteiger partial charge >= 0.3 is 0 Å². The van der Waals surface area contributed by atoms with Crippen LogP contribution in [0.1, 0.15) is 20.3 Å². The van der Waals surface area contributed by atoms with Gasteiger partial charge in [-0.25, -0.2) is 0 Å². The van der Waals surface area contributed by atoms with Gasteiger partial charge < -0.3 is 19.4 Å². The normalized spacial score (nSPS) is 16.9. The summed E-state index contributed by atoms with van der Waals surface area (Å²) in [5.41, 5.74) is 1.88. The minimum absolute atomic E-state index is 0.0132. The van der Waals surface area contributed by atoms with Gasteiger partial charge in [0, 0.05) is 64.3 Å². The minimum Gasteiger partial charge on any atom is -0.379 e. The number of benzene rings is 1. The van der Waals surface area contributed by atoms with Crippen LogP contribution in [0.3, 0.4) is 0 Å².